The molecule has 0 saturated carbocycles. The molecule has 0 N–H and O–H groups in total. The first-order chi connectivity index (χ1) is 17.8. The molecule has 1 unspecified atom stereocenters. The van der Waals surface area contributed by atoms with E-state index in [2.05, 4.69) is 4.99 Å². The number of nitrogens with zero attached hydrogens (tertiary/aromatic N) is 2. The molecule has 0 fully saturated rings. The van der Waals surface area contributed by atoms with Crippen molar-refractivity contribution in [3.63, 3.8) is 0 Å². The van der Waals surface area contributed by atoms with Gasteiger partial charge in [-0.1, -0.05) is 41.7 Å². The quantitative estimate of drug-likeness (QED) is 0.420. The van der Waals surface area contributed by atoms with Crippen LogP contribution in [0.1, 0.15) is 44.9 Å². The maximum atomic E-state index is 13.9. The Kier molecular flexibility index (Phi) is 7.83. The fourth-order valence-electron chi connectivity index (χ4n) is 4.32. The standard InChI is InChI=1S/C28H30N2O6S/c1-7-35-27(32)23-17(4)29-28-30(24(23)19-12-8-9-13-20(19)36-16(2)3)26(31)22(37-28)15-18-11-10-14-21(33-5)25(18)34-6/h8-16,24H,7H2,1-6H3. The Morgan fingerprint density at radius 3 is 2.51 bits per heavy atom. The highest BCUT2D eigenvalue weighted by atomic mass is 32.1. The van der Waals surface area contributed by atoms with Crippen LogP contribution in [-0.2, 0) is 9.53 Å². The van der Waals surface area contributed by atoms with Crippen LogP contribution in [0.3, 0.4) is 0 Å². The highest BCUT2D eigenvalue weighted by Crippen LogP contribution is 2.36. The Labute approximate surface area is 219 Å². The number of fused-ring (bicyclic) bond motifs is 1. The number of thiazole rings is 1. The third-order valence-corrected chi connectivity index (χ3v) is 6.80. The predicted molar refractivity (Wildman–Crippen MR) is 142 cm³/mol. The molecule has 0 amide bonds. The number of hydrogen-bond donors (Lipinski definition) is 0. The second-order valence-electron chi connectivity index (χ2n) is 8.59. The highest BCUT2D eigenvalue weighted by Gasteiger charge is 2.35. The van der Waals surface area contributed by atoms with Crippen molar-refractivity contribution in [1.82, 2.24) is 4.57 Å². The largest absolute Gasteiger partial charge is 0.493 e. The molecule has 1 aliphatic rings. The number of benzene rings is 2. The summed E-state index contributed by atoms with van der Waals surface area (Å²) in [5.41, 5.74) is 1.88. The second kappa shape index (κ2) is 11.0. The number of ether oxygens (including phenoxy) is 4. The van der Waals surface area contributed by atoms with E-state index >= 15 is 0 Å². The van der Waals surface area contributed by atoms with E-state index < -0.39 is 12.0 Å². The fourth-order valence-corrected chi connectivity index (χ4v) is 5.36. The summed E-state index contributed by atoms with van der Waals surface area (Å²) in [5, 5.41) is 0. The van der Waals surface area contributed by atoms with Gasteiger partial charge in [0.05, 0.1) is 42.7 Å². The van der Waals surface area contributed by atoms with Gasteiger partial charge in [0, 0.05) is 11.1 Å². The fraction of sp³-hybridized carbons (Fsp3) is 0.321. The zero-order valence-electron chi connectivity index (χ0n) is 21.7. The summed E-state index contributed by atoms with van der Waals surface area (Å²) in [4.78, 5) is 32.2. The van der Waals surface area contributed by atoms with E-state index in [1.807, 2.05) is 50.2 Å². The third-order valence-electron chi connectivity index (χ3n) is 5.81. The van der Waals surface area contributed by atoms with Crippen LogP contribution in [0.25, 0.3) is 6.08 Å². The van der Waals surface area contributed by atoms with Gasteiger partial charge in [0.15, 0.2) is 16.3 Å². The molecule has 1 atom stereocenters. The Morgan fingerprint density at radius 2 is 1.84 bits per heavy atom. The Morgan fingerprint density at radius 1 is 1.11 bits per heavy atom. The lowest BCUT2D eigenvalue weighted by molar-refractivity contribution is -0.139. The molecule has 3 aromatic rings. The number of carbonyl (C=O) groups excluding carboxylic acids is 1. The summed E-state index contributed by atoms with van der Waals surface area (Å²) in [6.07, 6.45) is 1.65. The van der Waals surface area contributed by atoms with Crippen LogP contribution in [0.15, 0.2) is 63.5 Å². The lowest BCUT2D eigenvalue weighted by atomic mass is 9.95. The first-order valence-corrected chi connectivity index (χ1v) is 12.8. The first-order valence-electron chi connectivity index (χ1n) is 12.0. The number of hydrogen-bond acceptors (Lipinski definition) is 8. The van der Waals surface area contributed by atoms with E-state index in [-0.39, 0.29) is 18.3 Å². The van der Waals surface area contributed by atoms with Crippen molar-refractivity contribution < 1.29 is 23.7 Å². The number of allylic oxidation sites excluding steroid dienone is 1. The molecule has 0 bridgehead atoms. The molecule has 1 aliphatic heterocycles. The van der Waals surface area contributed by atoms with Crippen LogP contribution in [-0.4, -0.2) is 37.5 Å². The van der Waals surface area contributed by atoms with Crippen molar-refractivity contribution in [2.45, 2.75) is 39.8 Å². The summed E-state index contributed by atoms with van der Waals surface area (Å²) < 4.78 is 24.4. The van der Waals surface area contributed by atoms with Gasteiger partial charge in [-0.05, 0) is 45.9 Å². The molecular formula is C28H30N2O6S. The summed E-state index contributed by atoms with van der Waals surface area (Å²) in [5.74, 6) is 1.15. The van der Waals surface area contributed by atoms with Gasteiger partial charge in [0.1, 0.15) is 11.8 Å². The Bertz CT molecular complexity index is 1530. The first kappa shape index (κ1) is 26.2. The highest BCUT2D eigenvalue weighted by molar-refractivity contribution is 7.07. The van der Waals surface area contributed by atoms with Gasteiger partial charge in [-0.2, -0.15) is 0 Å². The molecule has 2 heterocycles. The van der Waals surface area contributed by atoms with Crippen LogP contribution in [0.5, 0.6) is 17.2 Å². The topological polar surface area (TPSA) is 88.4 Å². The average molecular weight is 523 g/mol. The zero-order valence-corrected chi connectivity index (χ0v) is 22.5. The molecule has 8 nitrogen and oxygen atoms in total. The van der Waals surface area contributed by atoms with Gasteiger partial charge >= 0.3 is 5.97 Å². The van der Waals surface area contributed by atoms with Crippen molar-refractivity contribution >= 4 is 23.4 Å². The number of para-hydroxylation sites is 2. The molecule has 1 aromatic heterocycles. The van der Waals surface area contributed by atoms with E-state index in [1.54, 1.807) is 44.8 Å². The molecule has 2 aromatic carbocycles. The summed E-state index contributed by atoms with van der Waals surface area (Å²) in [7, 11) is 3.11. The Balaban J connectivity index is 2.00. The van der Waals surface area contributed by atoms with Crippen molar-refractivity contribution in [1.29, 1.82) is 0 Å². The minimum absolute atomic E-state index is 0.103. The number of esters is 1. The van der Waals surface area contributed by atoms with Gasteiger partial charge < -0.3 is 18.9 Å². The SMILES string of the molecule is CCOC(=O)C1=C(C)N=c2sc(=Cc3cccc(OC)c3OC)c(=O)n2C1c1ccccc1OC(C)C. The predicted octanol–water partition coefficient (Wildman–Crippen LogP) is 3.60. The summed E-state index contributed by atoms with van der Waals surface area (Å²) in [6, 6.07) is 12.1. The maximum Gasteiger partial charge on any atom is 0.338 e. The van der Waals surface area contributed by atoms with E-state index in [0.717, 1.165) is 0 Å². The Hall–Kier alpha value is -3.85. The van der Waals surface area contributed by atoms with Crippen molar-refractivity contribution in [2.24, 2.45) is 4.99 Å². The molecule has 37 heavy (non-hydrogen) atoms. The number of methoxy groups -OCH3 is 2. The maximum absolute atomic E-state index is 13.9. The zero-order chi connectivity index (χ0) is 26.7. The smallest absolute Gasteiger partial charge is 0.338 e. The average Bonchev–Trinajstić information content (AvgIpc) is 3.17. The van der Waals surface area contributed by atoms with Crippen LogP contribution in [0, 0.1) is 0 Å². The summed E-state index contributed by atoms with van der Waals surface area (Å²) in [6.45, 7) is 7.56. The normalized spacial score (nSPS) is 15.3. The molecule has 194 valence electrons. The van der Waals surface area contributed by atoms with Gasteiger partial charge in [-0.3, -0.25) is 9.36 Å². The van der Waals surface area contributed by atoms with Gasteiger partial charge in [0.25, 0.3) is 5.56 Å². The third kappa shape index (κ3) is 5.04. The van der Waals surface area contributed by atoms with Crippen molar-refractivity contribution in [3.05, 3.63) is 84.5 Å². The van der Waals surface area contributed by atoms with E-state index in [1.165, 1.54) is 11.3 Å². The van der Waals surface area contributed by atoms with Crippen LogP contribution < -0.4 is 29.1 Å². The summed E-state index contributed by atoms with van der Waals surface area (Å²) >= 11 is 1.24. The minimum atomic E-state index is -0.764. The monoisotopic (exact) mass is 522 g/mol. The molecule has 9 heteroatoms. The molecule has 0 saturated heterocycles. The minimum Gasteiger partial charge on any atom is -0.493 e. The van der Waals surface area contributed by atoms with Gasteiger partial charge in [0.2, 0.25) is 0 Å². The number of carbonyl (C=O) groups is 1. The molecular weight excluding hydrogens is 492 g/mol. The van der Waals surface area contributed by atoms with Crippen molar-refractivity contribution in [3.8, 4) is 17.2 Å². The molecule has 0 spiro atoms. The van der Waals surface area contributed by atoms with Crippen LogP contribution in [0.2, 0.25) is 0 Å². The van der Waals surface area contributed by atoms with Gasteiger partial charge in [-0.25, -0.2) is 9.79 Å². The lowest BCUT2D eigenvalue weighted by Gasteiger charge is -2.26. The molecule has 0 radical (unpaired) electrons. The van der Waals surface area contributed by atoms with Crippen LogP contribution in [0.4, 0.5) is 0 Å². The number of aromatic nitrogens is 1. The van der Waals surface area contributed by atoms with Crippen molar-refractivity contribution in [2.75, 3.05) is 20.8 Å². The molecule has 0 aliphatic carbocycles. The van der Waals surface area contributed by atoms with Gasteiger partial charge in [-0.15, -0.1) is 0 Å². The number of rotatable bonds is 8. The lowest BCUT2D eigenvalue weighted by Crippen LogP contribution is -2.40. The van der Waals surface area contributed by atoms with E-state index in [4.69, 9.17) is 18.9 Å². The van der Waals surface area contributed by atoms with Crippen LogP contribution >= 0.6 is 11.3 Å². The van der Waals surface area contributed by atoms with E-state index in [9.17, 15) is 9.59 Å². The van der Waals surface area contributed by atoms with E-state index in [0.29, 0.717) is 49.0 Å². The molecule has 4 rings (SSSR count). The second-order valence-corrected chi connectivity index (χ2v) is 9.60.